The molecule has 0 unspecified atom stereocenters. The van der Waals surface area contributed by atoms with Crippen molar-refractivity contribution in [3.05, 3.63) is 194 Å². The van der Waals surface area contributed by atoms with Crippen LogP contribution >= 0.6 is 11.3 Å². The molecule has 0 bridgehead atoms. The van der Waals surface area contributed by atoms with Crippen LogP contribution in [0.3, 0.4) is 0 Å². The third kappa shape index (κ3) is 4.48. The molecule has 0 atom stereocenters. The molecule has 0 aliphatic heterocycles. The predicted molar refractivity (Wildman–Crippen MR) is 259 cm³/mol. The van der Waals surface area contributed by atoms with Crippen LogP contribution in [0.1, 0.15) is 0 Å². The summed E-state index contributed by atoms with van der Waals surface area (Å²) in [6.45, 7) is 0. The lowest BCUT2D eigenvalue weighted by atomic mass is 9.91. The molecule has 14 aromatic rings. The summed E-state index contributed by atoms with van der Waals surface area (Å²) in [6.07, 6.45) is 0. The van der Waals surface area contributed by atoms with E-state index in [4.69, 9.17) is 9.97 Å². The van der Waals surface area contributed by atoms with Crippen molar-refractivity contribution in [2.45, 2.75) is 0 Å². The average molecular weight is 793 g/mol. The predicted octanol–water partition coefficient (Wildman–Crippen LogP) is 15.3. The van der Waals surface area contributed by atoms with Crippen LogP contribution in [0.2, 0.25) is 0 Å². The first kappa shape index (κ1) is 33.0. The van der Waals surface area contributed by atoms with E-state index in [2.05, 4.69) is 203 Å². The summed E-state index contributed by atoms with van der Waals surface area (Å²) >= 11 is 1.71. The lowest BCUT2D eigenvalue weighted by Gasteiger charge is -2.15. The topological polar surface area (TPSA) is 35.6 Å². The number of para-hydroxylation sites is 2. The molecule has 61 heavy (non-hydrogen) atoms. The minimum absolute atomic E-state index is 0.819. The van der Waals surface area contributed by atoms with Crippen LogP contribution in [0.4, 0.5) is 0 Å². The third-order valence-electron chi connectivity index (χ3n) is 12.9. The molecule has 0 aliphatic carbocycles. The van der Waals surface area contributed by atoms with E-state index in [9.17, 15) is 0 Å². The van der Waals surface area contributed by atoms with Crippen LogP contribution in [0.25, 0.3) is 130 Å². The van der Waals surface area contributed by atoms with E-state index in [-0.39, 0.29) is 0 Å². The second-order valence-electron chi connectivity index (χ2n) is 16.0. The number of benzene rings is 10. The van der Waals surface area contributed by atoms with Gasteiger partial charge in [0.1, 0.15) is 16.0 Å². The van der Waals surface area contributed by atoms with Crippen LogP contribution in [0, 0.1) is 0 Å². The summed E-state index contributed by atoms with van der Waals surface area (Å²) < 4.78 is 5.98. The van der Waals surface area contributed by atoms with Crippen molar-refractivity contribution in [1.82, 2.24) is 19.1 Å². The maximum absolute atomic E-state index is 5.81. The maximum atomic E-state index is 5.81. The Morgan fingerprint density at radius 1 is 0.344 bits per heavy atom. The first-order chi connectivity index (χ1) is 30.3. The number of hydrogen-bond acceptors (Lipinski definition) is 3. The summed E-state index contributed by atoms with van der Waals surface area (Å²) in [5, 5.41) is 15.9. The standard InChI is InChI=1S/C56H32N4S/c1-2-16-34(17-3-1)59-44-26-12-10-23-41(44)49-43(25-14-27-45(49)59)53-55(57-54-42-24-11-13-28-48(42)61-56(54)58-53)60-46-31-29-33-15-4-5-18-35(33)51(46)52-47(60)32-30-40-38-21-7-6-19-36(38)37-20-8-9-22-39(37)50(40)52/h1-32H. The molecule has 4 nitrogen and oxygen atoms in total. The van der Waals surface area contributed by atoms with Crippen molar-refractivity contribution in [2.24, 2.45) is 0 Å². The Bertz CT molecular complexity index is 4140. The highest BCUT2D eigenvalue weighted by Gasteiger charge is 2.26. The van der Waals surface area contributed by atoms with Gasteiger partial charge in [0.15, 0.2) is 5.82 Å². The zero-order valence-electron chi connectivity index (χ0n) is 32.7. The van der Waals surface area contributed by atoms with Crippen LogP contribution in [-0.4, -0.2) is 19.1 Å². The van der Waals surface area contributed by atoms with Crippen molar-refractivity contribution >= 4 is 118 Å². The van der Waals surface area contributed by atoms with Gasteiger partial charge < -0.3 is 4.57 Å². The molecular formula is C56H32N4S. The van der Waals surface area contributed by atoms with Crippen molar-refractivity contribution < 1.29 is 0 Å². The van der Waals surface area contributed by atoms with Gasteiger partial charge in [-0.2, -0.15) is 0 Å². The normalized spacial score (nSPS) is 12.3. The summed E-state index contributed by atoms with van der Waals surface area (Å²) in [7, 11) is 0. The molecule has 0 spiro atoms. The Labute approximate surface area is 352 Å². The van der Waals surface area contributed by atoms with Gasteiger partial charge in [-0.15, -0.1) is 11.3 Å². The van der Waals surface area contributed by atoms with Gasteiger partial charge in [0.25, 0.3) is 0 Å². The third-order valence-corrected chi connectivity index (χ3v) is 14.0. The van der Waals surface area contributed by atoms with Crippen molar-refractivity contribution in [3.8, 4) is 22.8 Å². The minimum atomic E-state index is 0.819. The van der Waals surface area contributed by atoms with Crippen LogP contribution in [-0.2, 0) is 0 Å². The molecular weight excluding hydrogens is 761 g/mol. The lowest BCUT2D eigenvalue weighted by Crippen LogP contribution is -2.03. The zero-order valence-corrected chi connectivity index (χ0v) is 33.5. The Hall–Kier alpha value is -7.86. The second kappa shape index (κ2) is 12.3. The maximum Gasteiger partial charge on any atom is 0.165 e. The first-order valence-corrected chi connectivity index (χ1v) is 21.6. The highest BCUT2D eigenvalue weighted by Crippen LogP contribution is 2.48. The van der Waals surface area contributed by atoms with E-state index in [1.807, 2.05) is 0 Å². The smallest absolute Gasteiger partial charge is 0.165 e. The molecule has 10 aromatic carbocycles. The van der Waals surface area contributed by atoms with Crippen molar-refractivity contribution in [3.63, 3.8) is 0 Å². The molecule has 4 aromatic heterocycles. The largest absolute Gasteiger partial charge is 0.309 e. The molecule has 14 rings (SSSR count). The van der Waals surface area contributed by atoms with E-state index < -0.39 is 0 Å². The minimum Gasteiger partial charge on any atom is -0.309 e. The molecule has 0 aliphatic rings. The number of nitrogens with zero attached hydrogens (tertiary/aromatic N) is 4. The van der Waals surface area contributed by atoms with Crippen molar-refractivity contribution in [1.29, 1.82) is 0 Å². The fourth-order valence-corrected chi connectivity index (χ4v) is 11.4. The van der Waals surface area contributed by atoms with Gasteiger partial charge in [-0.25, -0.2) is 9.97 Å². The molecule has 0 saturated carbocycles. The highest BCUT2D eigenvalue weighted by molar-refractivity contribution is 7.25. The van der Waals surface area contributed by atoms with Crippen LogP contribution < -0.4 is 0 Å². The van der Waals surface area contributed by atoms with Gasteiger partial charge >= 0.3 is 0 Å². The van der Waals surface area contributed by atoms with Gasteiger partial charge in [-0.1, -0.05) is 152 Å². The van der Waals surface area contributed by atoms with Gasteiger partial charge in [-0.05, 0) is 80.2 Å². The zero-order chi connectivity index (χ0) is 39.8. The summed E-state index contributed by atoms with van der Waals surface area (Å²) in [5.74, 6) is 0.819. The molecule has 5 heteroatoms. The Morgan fingerprint density at radius 3 is 1.75 bits per heavy atom. The molecule has 0 amide bonds. The second-order valence-corrected chi connectivity index (χ2v) is 17.1. The quantitative estimate of drug-likeness (QED) is 0.167. The Kier molecular flexibility index (Phi) is 6.68. The van der Waals surface area contributed by atoms with E-state index in [1.165, 1.54) is 63.9 Å². The number of hydrogen-bond donors (Lipinski definition) is 0. The van der Waals surface area contributed by atoms with Gasteiger partial charge in [0.2, 0.25) is 0 Å². The van der Waals surface area contributed by atoms with E-state index in [0.29, 0.717) is 0 Å². The van der Waals surface area contributed by atoms with Crippen LogP contribution in [0.15, 0.2) is 194 Å². The molecule has 282 valence electrons. The van der Waals surface area contributed by atoms with Gasteiger partial charge in [0, 0.05) is 48.3 Å². The summed E-state index contributed by atoms with van der Waals surface area (Å²) in [4.78, 5) is 12.5. The molecule has 4 heterocycles. The van der Waals surface area contributed by atoms with Gasteiger partial charge in [-0.3, -0.25) is 4.57 Å². The fraction of sp³-hybridized carbons (Fsp3) is 0. The number of thiophene rings is 1. The number of aromatic nitrogens is 4. The van der Waals surface area contributed by atoms with Gasteiger partial charge in [0.05, 0.1) is 22.1 Å². The molecule has 0 radical (unpaired) electrons. The number of rotatable bonds is 3. The van der Waals surface area contributed by atoms with Crippen molar-refractivity contribution in [2.75, 3.05) is 0 Å². The monoisotopic (exact) mass is 792 g/mol. The summed E-state index contributed by atoms with van der Waals surface area (Å²) in [6, 6.07) is 70.5. The number of fused-ring (bicyclic) bond motifs is 18. The average Bonchev–Trinajstić information content (AvgIpc) is 3.99. The Balaban J connectivity index is 1.21. The first-order valence-electron chi connectivity index (χ1n) is 20.8. The van der Waals surface area contributed by atoms with E-state index in [1.54, 1.807) is 11.3 Å². The fourth-order valence-electron chi connectivity index (χ4n) is 10.4. The Morgan fingerprint density at radius 2 is 0.934 bits per heavy atom. The summed E-state index contributed by atoms with van der Waals surface area (Å²) in [5.41, 5.74) is 8.45. The SMILES string of the molecule is c1ccc(-n2c3ccccc3c3c(-c4nc5sc6ccccc6c5nc4-n4c5ccc6ccccc6c5c5c6c7ccccc7c7ccccc7c6ccc54)cccc32)cc1. The van der Waals surface area contributed by atoms with Crippen LogP contribution in [0.5, 0.6) is 0 Å². The molecule has 0 fully saturated rings. The molecule has 0 saturated heterocycles. The molecule has 0 N–H and O–H groups in total. The highest BCUT2D eigenvalue weighted by atomic mass is 32.1. The van der Waals surface area contributed by atoms with E-state index in [0.717, 1.165) is 65.9 Å². The lowest BCUT2D eigenvalue weighted by molar-refractivity contribution is 1.09. The van der Waals surface area contributed by atoms with E-state index >= 15 is 0 Å².